The van der Waals surface area contributed by atoms with Gasteiger partial charge in [-0.2, -0.15) is 0 Å². The molecule has 1 aromatic carbocycles. The van der Waals surface area contributed by atoms with Crippen LogP contribution in [0.25, 0.3) is 0 Å². The van der Waals surface area contributed by atoms with Gasteiger partial charge in [0.2, 0.25) is 0 Å². The molecule has 4 nitrogen and oxygen atoms in total. The summed E-state index contributed by atoms with van der Waals surface area (Å²) in [4.78, 5) is 13.5. The third kappa shape index (κ3) is 3.93. The van der Waals surface area contributed by atoms with E-state index in [0.29, 0.717) is 11.4 Å². The van der Waals surface area contributed by atoms with Crippen LogP contribution in [0, 0.1) is 0 Å². The van der Waals surface area contributed by atoms with Gasteiger partial charge in [0, 0.05) is 17.1 Å². The molecule has 94 valence electrons. The number of hydrogen-bond donors (Lipinski definition) is 2. The van der Waals surface area contributed by atoms with Gasteiger partial charge in [-0.25, -0.2) is 4.79 Å². The fourth-order valence-corrected chi connectivity index (χ4v) is 1.72. The molecule has 0 radical (unpaired) electrons. The van der Waals surface area contributed by atoms with Crippen LogP contribution in [0.5, 0.6) is 0 Å². The zero-order valence-electron chi connectivity index (χ0n) is 10.5. The number of rotatable bonds is 1. The highest BCUT2D eigenvalue weighted by Crippen LogP contribution is 2.26. The van der Waals surface area contributed by atoms with Gasteiger partial charge in [0.05, 0.1) is 11.4 Å². The van der Waals surface area contributed by atoms with Crippen molar-refractivity contribution in [2.24, 2.45) is 0 Å². The summed E-state index contributed by atoms with van der Waals surface area (Å²) in [6.45, 7) is 5.80. The van der Waals surface area contributed by atoms with Crippen LogP contribution in [-0.2, 0) is 0 Å². The number of carbonyl (C=O) groups is 1. The third-order valence-corrected chi connectivity index (χ3v) is 2.63. The number of hydrogen-bond acceptors (Lipinski definition) is 2. The van der Waals surface area contributed by atoms with E-state index in [1.54, 1.807) is 13.1 Å². The summed E-state index contributed by atoms with van der Waals surface area (Å²) in [6.07, 6.45) is 0. The molecule has 0 aromatic heterocycles. The van der Waals surface area contributed by atoms with Crippen LogP contribution >= 0.6 is 15.9 Å². The Labute approximate surface area is 110 Å². The van der Waals surface area contributed by atoms with E-state index in [9.17, 15) is 4.79 Å². The van der Waals surface area contributed by atoms with Gasteiger partial charge < -0.3 is 11.1 Å². The Balaban J connectivity index is 2.89. The van der Waals surface area contributed by atoms with Gasteiger partial charge in [0.25, 0.3) is 0 Å². The normalized spacial score (nSPS) is 11.1. The molecule has 5 heteroatoms. The number of anilines is 2. The van der Waals surface area contributed by atoms with Crippen molar-refractivity contribution in [1.82, 2.24) is 5.32 Å². The molecule has 3 N–H and O–H groups in total. The molecule has 1 rings (SSSR count). The van der Waals surface area contributed by atoms with Crippen LogP contribution < -0.4 is 16.0 Å². The van der Waals surface area contributed by atoms with Crippen LogP contribution in [0.4, 0.5) is 16.2 Å². The molecule has 0 aliphatic heterocycles. The number of urea groups is 1. The van der Waals surface area contributed by atoms with Crippen molar-refractivity contribution in [3.05, 3.63) is 22.7 Å². The van der Waals surface area contributed by atoms with Crippen molar-refractivity contribution in [3.8, 4) is 0 Å². The molecular formula is C12H18BrN3O. The van der Waals surface area contributed by atoms with Gasteiger partial charge in [-0.05, 0) is 39.0 Å². The molecule has 0 saturated heterocycles. The predicted molar refractivity (Wildman–Crippen MR) is 75.2 cm³/mol. The summed E-state index contributed by atoms with van der Waals surface area (Å²) in [5, 5.41) is 2.88. The number of nitrogens with two attached hydrogens (primary N) is 1. The largest absolute Gasteiger partial charge is 0.397 e. The van der Waals surface area contributed by atoms with Gasteiger partial charge in [0.1, 0.15) is 0 Å². The summed E-state index contributed by atoms with van der Waals surface area (Å²) >= 11 is 3.33. The molecule has 0 saturated carbocycles. The molecule has 0 fully saturated rings. The maximum absolute atomic E-state index is 11.9. The van der Waals surface area contributed by atoms with Crippen LogP contribution in [0.2, 0.25) is 0 Å². The smallest absolute Gasteiger partial charge is 0.322 e. The minimum absolute atomic E-state index is 0.175. The Bertz CT molecular complexity index is 426. The van der Waals surface area contributed by atoms with Crippen molar-refractivity contribution < 1.29 is 4.79 Å². The first-order valence-corrected chi connectivity index (χ1v) is 6.11. The first-order chi connectivity index (χ1) is 7.70. The molecule has 0 unspecified atom stereocenters. The maximum atomic E-state index is 11.9. The number of nitrogens with zero attached hydrogens (tertiary/aromatic N) is 1. The average molecular weight is 300 g/mol. The van der Waals surface area contributed by atoms with Crippen molar-refractivity contribution in [2.45, 2.75) is 26.3 Å². The SMILES string of the molecule is CN(C(=O)NC(C)(C)C)c1ccc(Br)cc1N. The average Bonchev–Trinajstić information content (AvgIpc) is 2.14. The highest BCUT2D eigenvalue weighted by Gasteiger charge is 2.19. The first-order valence-electron chi connectivity index (χ1n) is 5.31. The Hall–Kier alpha value is -1.23. The second-order valence-electron chi connectivity index (χ2n) is 4.94. The van der Waals surface area contributed by atoms with Crippen molar-refractivity contribution in [2.75, 3.05) is 17.7 Å². The Kier molecular flexibility index (Phi) is 4.03. The zero-order valence-corrected chi connectivity index (χ0v) is 12.1. The summed E-state index contributed by atoms with van der Waals surface area (Å²) < 4.78 is 0.892. The highest BCUT2D eigenvalue weighted by molar-refractivity contribution is 9.10. The standard InChI is InChI=1S/C12H18BrN3O/c1-12(2,3)15-11(17)16(4)10-6-5-8(13)7-9(10)14/h5-7H,14H2,1-4H3,(H,15,17). The summed E-state index contributed by atoms with van der Waals surface area (Å²) in [7, 11) is 1.70. The van der Waals surface area contributed by atoms with Gasteiger partial charge in [-0.1, -0.05) is 15.9 Å². The van der Waals surface area contributed by atoms with E-state index >= 15 is 0 Å². The van der Waals surface area contributed by atoms with Crippen LogP contribution in [0.3, 0.4) is 0 Å². The second kappa shape index (κ2) is 4.96. The fraction of sp³-hybridized carbons (Fsp3) is 0.417. The van der Waals surface area contributed by atoms with E-state index in [1.165, 1.54) is 4.90 Å². The lowest BCUT2D eigenvalue weighted by Crippen LogP contribution is -2.47. The van der Waals surface area contributed by atoms with Crippen molar-refractivity contribution >= 4 is 33.3 Å². The summed E-state index contributed by atoms with van der Waals surface area (Å²) in [5.74, 6) is 0. The zero-order chi connectivity index (χ0) is 13.2. The van der Waals surface area contributed by atoms with Gasteiger partial charge in [-0.15, -0.1) is 0 Å². The van der Waals surface area contributed by atoms with Crippen LogP contribution in [0.15, 0.2) is 22.7 Å². The molecule has 17 heavy (non-hydrogen) atoms. The monoisotopic (exact) mass is 299 g/mol. The van der Waals surface area contributed by atoms with E-state index < -0.39 is 0 Å². The molecule has 0 aliphatic carbocycles. The van der Waals surface area contributed by atoms with E-state index in [-0.39, 0.29) is 11.6 Å². The first kappa shape index (κ1) is 13.8. The number of benzene rings is 1. The van der Waals surface area contributed by atoms with E-state index in [2.05, 4.69) is 21.2 Å². The van der Waals surface area contributed by atoms with Gasteiger partial charge in [0.15, 0.2) is 0 Å². The number of carbonyl (C=O) groups excluding carboxylic acids is 1. The van der Waals surface area contributed by atoms with Crippen LogP contribution in [0.1, 0.15) is 20.8 Å². The second-order valence-corrected chi connectivity index (χ2v) is 5.86. The van der Waals surface area contributed by atoms with Crippen LogP contribution in [-0.4, -0.2) is 18.6 Å². The van der Waals surface area contributed by atoms with Crippen molar-refractivity contribution in [1.29, 1.82) is 0 Å². The minimum atomic E-state index is -0.268. The van der Waals surface area contributed by atoms with E-state index in [1.807, 2.05) is 32.9 Å². The molecular weight excluding hydrogens is 282 g/mol. The molecule has 0 bridgehead atoms. The van der Waals surface area contributed by atoms with E-state index in [0.717, 1.165) is 4.47 Å². The Morgan fingerprint density at radius 2 is 2.00 bits per heavy atom. The topological polar surface area (TPSA) is 58.4 Å². The number of nitrogens with one attached hydrogen (secondary N) is 1. The Morgan fingerprint density at radius 3 is 2.47 bits per heavy atom. The quantitative estimate of drug-likeness (QED) is 0.783. The molecule has 2 amide bonds. The van der Waals surface area contributed by atoms with Gasteiger partial charge >= 0.3 is 6.03 Å². The number of halogens is 1. The molecule has 0 spiro atoms. The van der Waals surface area contributed by atoms with Crippen molar-refractivity contribution in [3.63, 3.8) is 0 Å². The summed E-state index contributed by atoms with van der Waals surface area (Å²) in [5.41, 5.74) is 6.85. The molecule has 0 aliphatic rings. The highest BCUT2D eigenvalue weighted by atomic mass is 79.9. The predicted octanol–water partition coefficient (Wildman–Crippen LogP) is 2.98. The number of amides is 2. The third-order valence-electron chi connectivity index (χ3n) is 2.14. The lowest BCUT2D eigenvalue weighted by molar-refractivity contribution is 0.239. The Morgan fingerprint density at radius 1 is 1.41 bits per heavy atom. The van der Waals surface area contributed by atoms with Gasteiger partial charge in [-0.3, -0.25) is 4.90 Å². The molecule has 0 heterocycles. The van der Waals surface area contributed by atoms with E-state index in [4.69, 9.17) is 5.73 Å². The lowest BCUT2D eigenvalue weighted by atomic mass is 10.1. The lowest BCUT2D eigenvalue weighted by Gasteiger charge is -2.26. The summed E-state index contributed by atoms with van der Waals surface area (Å²) in [6, 6.07) is 5.26. The fourth-order valence-electron chi connectivity index (χ4n) is 1.34. The maximum Gasteiger partial charge on any atom is 0.322 e. The minimum Gasteiger partial charge on any atom is -0.397 e. The number of nitrogen functional groups attached to an aromatic ring is 1. The molecule has 0 atom stereocenters. The molecule has 1 aromatic rings.